The topological polar surface area (TPSA) is 72.9 Å². The molecule has 1 amide bonds. The van der Waals surface area contributed by atoms with Gasteiger partial charge in [0.2, 0.25) is 11.9 Å². The van der Waals surface area contributed by atoms with Crippen LogP contribution in [0.5, 0.6) is 0 Å². The highest BCUT2D eigenvalue weighted by atomic mass is 19.1. The smallest absolute Gasteiger partial charge is 0.243 e. The van der Waals surface area contributed by atoms with Crippen molar-refractivity contribution in [2.45, 2.75) is 13.0 Å². The van der Waals surface area contributed by atoms with Gasteiger partial charge in [-0.05, 0) is 19.1 Å². The molecular formula is C11H13FN4O. The lowest BCUT2D eigenvalue weighted by atomic mass is 10.3. The number of rotatable bonds is 2. The fourth-order valence-corrected chi connectivity index (χ4v) is 1.51. The van der Waals surface area contributed by atoms with Gasteiger partial charge in [-0.15, -0.1) is 0 Å². The van der Waals surface area contributed by atoms with Crippen LogP contribution < -0.4 is 11.1 Å². The summed E-state index contributed by atoms with van der Waals surface area (Å²) in [6.45, 7) is 1.58. The Bertz CT molecular complexity index is 576. The van der Waals surface area contributed by atoms with Gasteiger partial charge in [-0.2, -0.15) is 0 Å². The molecule has 1 aromatic heterocycles. The molecule has 0 aliphatic carbocycles. The Morgan fingerprint density at radius 3 is 2.94 bits per heavy atom. The summed E-state index contributed by atoms with van der Waals surface area (Å²) in [5.41, 5.74) is 6.68. The number of hydrogen-bond acceptors (Lipinski definition) is 3. The number of benzene rings is 1. The first kappa shape index (κ1) is 11.5. The third-order valence-corrected chi connectivity index (χ3v) is 2.49. The Kier molecular flexibility index (Phi) is 2.81. The van der Waals surface area contributed by atoms with Crippen LogP contribution in [-0.4, -0.2) is 21.5 Å². The normalized spacial score (nSPS) is 12.7. The predicted molar refractivity (Wildman–Crippen MR) is 63.0 cm³/mol. The highest BCUT2D eigenvalue weighted by molar-refractivity contribution is 5.94. The minimum absolute atomic E-state index is 0.330. The standard InChI is InChI=1S/C11H13FN4O/c1-6(13)10(17)15-11-14-8-5-7(12)3-4-9(8)16(11)2/h3-6H,13H2,1-2H3,(H,14,15,17)/t6-/m0/s1. The van der Waals surface area contributed by atoms with Crippen LogP contribution in [0.15, 0.2) is 18.2 Å². The van der Waals surface area contributed by atoms with Crippen molar-refractivity contribution in [3.63, 3.8) is 0 Å². The molecule has 0 radical (unpaired) electrons. The first-order valence-corrected chi connectivity index (χ1v) is 5.17. The number of anilines is 1. The maximum atomic E-state index is 13.0. The number of nitrogens with zero attached hydrogens (tertiary/aromatic N) is 2. The number of carbonyl (C=O) groups excluding carboxylic acids is 1. The predicted octanol–water partition coefficient (Wildman–Crippen LogP) is 0.998. The maximum absolute atomic E-state index is 13.0. The first-order valence-electron chi connectivity index (χ1n) is 5.17. The Hall–Kier alpha value is -1.95. The number of nitrogens with one attached hydrogen (secondary N) is 1. The number of aryl methyl sites for hydroxylation is 1. The SMILES string of the molecule is C[C@H](N)C(=O)Nc1nc2cc(F)ccc2n1C. The lowest BCUT2D eigenvalue weighted by Gasteiger charge is -2.06. The zero-order valence-corrected chi connectivity index (χ0v) is 9.57. The molecule has 0 aliphatic heterocycles. The van der Waals surface area contributed by atoms with Crippen molar-refractivity contribution in [1.82, 2.24) is 9.55 Å². The quantitative estimate of drug-likeness (QED) is 0.817. The van der Waals surface area contributed by atoms with Crippen molar-refractivity contribution in [1.29, 1.82) is 0 Å². The zero-order valence-electron chi connectivity index (χ0n) is 9.57. The lowest BCUT2D eigenvalue weighted by Crippen LogP contribution is -2.33. The van der Waals surface area contributed by atoms with Gasteiger partial charge in [0.1, 0.15) is 5.82 Å². The second-order valence-corrected chi connectivity index (χ2v) is 3.91. The van der Waals surface area contributed by atoms with Crippen LogP contribution >= 0.6 is 0 Å². The lowest BCUT2D eigenvalue weighted by molar-refractivity contribution is -0.117. The summed E-state index contributed by atoms with van der Waals surface area (Å²) < 4.78 is 14.7. The molecule has 17 heavy (non-hydrogen) atoms. The van der Waals surface area contributed by atoms with E-state index in [0.29, 0.717) is 11.5 Å². The van der Waals surface area contributed by atoms with Gasteiger partial charge in [0, 0.05) is 13.1 Å². The number of nitrogens with two attached hydrogens (primary N) is 1. The first-order chi connectivity index (χ1) is 7.99. The summed E-state index contributed by atoms with van der Waals surface area (Å²) in [6, 6.07) is 3.66. The van der Waals surface area contributed by atoms with E-state index in [4.69, 9.17) is 5.73 Å². The average Bonchev–Trinajstić information content (AvgIpc) is 2.55. The molecule has 5 nitrogen and oxygen atoms in total. The van der Waals surface area contributed by atoms with Crippen LogP contribution in [0, 0.1) is 5.82 Å². The molecule has 0 spiro atoms. The summed E-state index contributed by atoms with van der Waals surface area (Å²) in [6.07, 6.45) is 0. The summed E-state index contributed by atoms with van der Waals surface area (Å²) in [5.74, 6) is -0.336. The molecular weight excluding hydrogens is 223 g/mol. The molecule has 3 N–H and O–H groups in total. The van der Waals surface area contributed by atoms with Crippen molar-refractivity contribution in [2.24, 2.45) is 12.8 Å². The second kappa shape index (κ2) is 4.14. The molecule has 1 aromatic carbocycles. The van der Waals surface area contributed by atoms with Crippen LogP contribution in [-0.2, 0) is 11.8 Å². The largest absolute Gasteiger partial charge is 0.320 e. The van der Waals surface area contributed by atoms with E-state index in [1.54, 1.807) is 24.6 Å². The van der Waals surface area contributed by atoms with Crippen molar-refractivity contribution in [3.8, 4) is 0 Å². The van der Waals surface area contributed by atoms with E-state index < -0.39 is 6.04 Å². The number of imidazole rings is 1. The van der Waals surface area contributed by atoms with Gasteiger partial charge < -0.3 is 10.3 Å². The van der Waals surface area contributed by atoms with Crippen molar-refractivity contribution in [2.75, 3.05) is 5.32 Å². The van der Waals surface area contributed by atoms with Gasteiger partial charge in [0.05, 0.1) is 17.1 Å². The number of halogens is 1. The van der Waals surface area contributed by atoms with Crippen LogP contribution in [0.3, 0.4) is 0 Å². The Morgan fingerprint density at radius 1 is 1.59 bits per heavy atom. The van der Waals surface area contributed by atoms with E-state index in [0.717, 1.165) is 5.52 Å². The molecule has 90 valence electrons. The number of amides is 1. The van der Waals surface area contributed by atoms with E-state index >= 15 is 0 Å². The number of hydrogen-bond donors (Lipinski definition) is 2. The van der Waals surface area contributed by atoms with Gasteiger partial charge in [-0.25, -0.2) is 9.37 Å². The van der Waals surface area contributed by atoms with Gasteiger partial charge in [-0.1, -0.05) is 0 Å². The molecule has 0 saturated heterocycles. The fraction of sp³-hybridized carbons (Fsp3) is 0.273. The molecule has 2 aromatic rings. The van der Waals surface area contributed by atoms with E-state index in [-0.39, 0.29) is 11.7 Å². The Morgan fingerprint density at radius 2 is 2.29 bits per heavy atom. The Labute approximate surface area is 97.4 Å². The second-order valence-electron chi connectivity index (χ2n) is 3.91. The van der Waals surface area contributed by atoms with Crippen molar-refractivity contribution in [3.05, 3.63) is 24.0 Å². The third-order valence-electron chi connectivity index (χ3n) is 2.49. The summed E-state index contributed by atoms with van der Waals surface area (Å²) in [4.78, 5) is 15.6. The van der Waals surface area contributed by atoms with Gasteiger partial charge in [-0.3, -0.25) is 10.1 Å². The van der Waals surface area contributed by atoms with Crippen LogP contribution in [0.4, 0.5) is 10.3 Å². The van der Waals surface area contributed by atoms with Crippen LogP contribution in [0.2, 0.25) is 0 Å². The summed E-state index contributed by atoms with van der Waals surface area (Å²) in [7, 11) is 1.74. The molecule has 0 unspecified atom stereocenters. The fourth-order valence-electron chi connectivity index (χ4n) is 1.51. The minimum Gasteiger partial charge on any atom is -0.320 e. The molecule has 0 saturated carbocycles. The molecule has 1 heterocycles. The van der Waals surface area contributed by atoms with Gasteiger partial charge in [0.25, 0.3) is 0 Å². The third kappa shape index (κ3) is 2.12. The van der Waals surface area contributed by atoms with Crippen molar-refractivity contribution >= 4 is 22.9 Å². The van der Waals surface area contributed by atoms with Crippen molar-refractivity contribution < 1.29 is 9.18 Å². The number of aromatic nitrogens is 2. The Balaban J connectivity index is 2.42. The summed E-state index contributed by atoms with van der Waals surface area (Å²) in [5, 5.41) is 2.58. The zero-order chi connectivity index (χ0) is 12.6. The molecule has 1 atom stereocenters. The molecule has 2 rings (SSSR count). The molecule has 6 heteroatoms. The van der Waals surface area contributed by atoms with Crippen LogP contribution in [0.1, 0.15) is 6.92 Å². The van der Waals surface area contributed by atoms with Crippen LogP contribution in [0.25, 0.3) is 11.0 Å². The van der Waals surface area contributed by atoms with Gasteiger partial charge in [0.15, 0.2) is 0 Å². The summed E-state index contributed by atoms with van der Waals surface area (Å²) >= 11 is 0. The highest BCUT2D eigenvalue weighted by Crippen LogP contribution is 2.19. The molecule has 0 fully saturated rings. The molecule has 0 aliphatic rings. The molecule has 0 bridgehead atoms. The number of fused-ring (bicyclic) bond motifs is 1. The van der Waals surface area contributed by atoms with E-state index in [1.807, 2.05) is 0 Å². The monoisotopic (exact) mass is 236 g/mol. The number of carbonyl (C=O) groups is 1. The van der Waals surface area contributed by atoms with E-state index in [2.05, 4.69) is 10.3 Å². The van der Waals surface area contributed by atoms with E-state index in [1.165, 1.54) is 12.1 Å². The highest BCUT2D eigenvalue weighted by Gasteiger charge is 2.13. The average molecular weight is 236 g/mol. The van der Waals surface area contributed by atoms with Gasteiger partial charge >= 0.3 is 0 Å². The van der Waals surface area contributed by atoms with E-state index in [9.17, 15) is 9.18 Å². The maximum Gasteiger partial charge on any atom is 0.243 e. The minimum atomic E-state index is -0.619.